The van der Waals surface area contributed by atoms with Crippen LogP contribution >= 0.6 is 0 Å². The van der Waals surface area contributed by atoms with Crippen LogP contribution in [0.5, 0.6) is 0 Å². The summed E-state index contributed by atoms with van der Waals surface area (Å²) in [4.78, 5) is 18.1. The Kier molecular flexibility index (Phi) is 3.44. The summed E-state index contributed by atoms with van der Waals surface area (Å²) in [5.41, 5.74) is 1.52. The van der Waals surface area contributed by atoms with Crippen LogP contribution in [0.4, 0.5) is 0 Å². The zero-order chi connectivity index (χ0) is 20.4. The highest BCUT2D eigenvalue weighted by molar-refractivity contribution is 5.99. The lowest BCUT2D eigenvalue weighted by atomic mass is 9.26. The van der Waals surface area contributed by atoms with E-state index in [4.69, 9.17) is 9.73 Å². The van der Waals surface area contributed by atoms with Crippen LogP contribution in [0.1, 0.15) is 72.1 Å². The molecule has 8 aliphatic rings. The van der Waals surface area contributed by atoms with Crippen molar-refractivity contribution >= 4 is 11.7 Å². The van der Waals surface area contributed by atoms with Gasteiger partial charge < -0.3 is 9.84 Å². The van der Waals surface area contributed by atoms with E-state index in [0.29, 0.717) is 11.8 Å². The van der Waals surface area contributed by atoms with E-state index in [0.717, 1.165) is 57.1 Å². The number of carbonyl (C=O) groups excluding carboxylic acids is 1. The van der Waals surface area contributed by atoms with Gasteiger partial charge >= 0.3 is 5.97 Å². The average molecular weight is 398 g/mol. The minimum absolute atomic E-state index is 0.0907. The van der Waals surface area contributed by atoms with Crippen molar-refractivity contribution < 1.29 is 14.6 Å². The number of hydrogen-bond acceptors (Lipinski definition) is 4. The van der Waals surface area contributed by atoms with Gasteiger partial charge in [0.15, 0.2) is 0 Å². The molecule has 7 saturated carbocycles. The number of rotatable bonds is 3. The maximum Gasteiger partial charge on any atom is 0.309 e. The van der Waals surface area contributed by atoms with E-state index < -0.39 is 5.60 Å². The Morgan fingerprint density at radius 1 is 1.31 bits per heavy atom. The number of fused-ring (bicyclic) bond motifs is 2. The molecule has 5 bridgehead atoms. The van der Waals surface area contributed by atoms with Gasteiger partial charge in [-0.1, -0.05) is 27.4 Å². The summed E-state index contributed by atoms with van der Waals surface area (Å²) in [6.07, 6.45) is 7.85. The van der Waals surface area contributed by atoms with Gasteiger partial charge in [0.05, 0.1) is 11.5 Å². The molecule has 9 atom stereocenters. The largest absolute Gasteiger partial charge is 0.457 e. The van der Waals surface area contributed by atoms with Crippen LogP contribution < -0.4 is 0 Å². The highest BCUT2D eigenvalue weighted by Gasteiger charge is 2.84. The molecule has 8 rings (SSSR count). The standard InChI is InChI=1S/C25H35NO3/c1-5-14(2)21(27)29-20-15(3)16-11-17-19-24-10-9-23(17,20)18(12-16)25(24,28)8-6-7-22(24,4)13-26-19/h14,16-18,20,28H,3,5-13H2,1-2,4H3/t14-,16+,17?,18?,20-,22+,23-,24-,25+/m1/s1. The van der Waals surface area contributed by atoms with Crippen LogP contribution in [-0.4, -0.2) is 35.0 Å². The number of aliphatic imine (C=N–C) groups is 1. The Morgan fingerprint density at radius 3 is 2.86 bits per heavy atom. The first-order valence-corrected chi connectivity index (χ1v) is 11.9. The van der Waals surface area contributed by atoms with Gasteiger partial charge in [0, 0.05) is 34.4 Å². The SMILES string of the molecule is C=C1[C@H]2CC3C4=NC[C@]5(C)CCC[C@]6(O)C(C2)[C@]3(CC[C@@]456)[C@@H]1OC(=O)[C@H](C)CC. The Labute approximate surface area is 174 Å². The van der Waals surface area contributed by atoms with Crippen LogP contribution in [0.25, 0.3) is 0 Å². The summed E-state index contributed by atoms with van der Waals surface area (Å²) < 4.78 is 6.29. The van der Waals surface area contributed by atoms with Crippen LogP contribution in [0.3, 0.4) is 0 Å². The fourth-order valence-electron chi connectivity index (χ4n) is 9.41. The fourth-order valence-corrected chi connectivity index (χ4v) is 9.41. The van der Waals surface area contributed by atoms with Crippen molar-refractivity contribution in [2.75, 3.05) is 6.54 Å². The van der Waals surface area contributed by atoms with E-state index in [1.54, 1.807) is 0 Å². The van der Waals surface area contributed by atoms with E-state index in [1.807, 2.05) is 13.8 Å². The third kappa shape index (κ3) is 1.73. The predicted molar refractivity (Wildman–Crippen MR) is 111 cm³/mol. The topological polar surface area (TPSA) is 58.9 Å². The predicted octanol–water partition coefficient (Wildman–Crippen LogP) is 4.31. The van der Waals surface area contributed by atoms with Crippen molar-refractivity contribution in [3.63, 3.8) is 0 Å². The van der Waals surface area contributed by atoms with Crippen molar-refractivity contribution in [2.45, 2.75) is 83.8 Å². The van der Waals surface area contributed by atoms with Gasteiger partial charge in [0.1, 0.15) is 6.10 Å². The van der Waals surface area contributed by atoms with Crippen molar-refractivity contribution in [3.05, 3.63) is 12.2 Å². The third-order valence-corrected chi connectivity index (χ3v) is 10.9. The molecule has 29 heavy (non-hydrogen) atoms. The molecule has 0 aromatic rings. The molecule has 1 aliphatic heterocycles. The van der Waals surface area contributed by atoms with Gasteiger partial charge in [-0.2, -0.15) is 0 Å². The minimum atomic E-state index is -0.690. The van der Waals surface area contributed by atoms with Crippen molar-refractivity contribution in [2.24, 2.45) is 44.9 Å². The first kappa shape index (κ1) is 18.6. The summed E-state index contributed by atoms with van der Waals surface area (Å²) in [5, 5.41) is 12.5. The number of esters is 1. The third-order valence-electron chi connectivity index (χ3n) is 10.9. The molecule has 0 radical (unpaired) electrons. The molecule has 1 heterocycles. The van der Waals surface area contributed by atoms with Gasteiger partial charge in [0.2, 0.25) is 0 Å². The summed E-state index contributed by atoms with van der Waals surface area (Å²) in [6.45, 7) is 11.7. The average Bonchev–Trinajstić information content (AvgIpc) is 3.03. The molecule has 0 aromatic carbocycles. The highest BCUT2D eigenvalue weighted by atomic mass is 16.5. The zero-order valence-electron chi connectivity index (χ0n) is 18.2. The zero-order valence-corrected chi connectivity index (χ0v) is 18.2. The fraction of sp³-hybridized carbons (Fsp3) is 0.840. The first-order chi connectivity index (χ1) is 13.7. The number of nitrogens with zero attached hydrogens (tertiary/aromatic N) is 1. The molecule has 2 unspecified atom stereocenters. The lowest BCUT2D eigenvalue weighted by Crippen LogP contribution is -2.82. The second-order valence-electron chi connectivity index (χ2n) is 11.5. The monoisotopic (exact) mass is 397 g/mol. The normalized spacial score (nSPS) is 54.8. The maximum atomic E-state index is 12.9. The molecule has 7 aliphatic carbocycles. The first-order valence-electron chi connectivity index (χ1n) is 11.9. The molecule has 1 N–H and O–H groups in total. The van der Waals surface area contributed by atoms with Crippen LogP contribution in [0, 0.1) is 39.9 Å². The Hall–Kier alpha value is -1.16. The molecular weight excluding hydrogens is 362 g/mol. The van der Waals surface area contributed by atoms with Crippen LogP contribution in [0.15, 0.2) is 17.1 Å². The summed E-state index contributed by atoms with van der Waals surface area (Å²) >= 11 is 0. The molecule has 0 saturated heterocycles. The smallest absolute Gasteiger partial charge is 0.309 e. The van der Waals surface area contributed by atoms with E-state index in [9.17, 15) is 9.90 Å². The molecule has 2 spiro atoms. The number of carbonyl (C=O) groups is 1. The Bertz CT molecular complexity index is 849. The molecule has 4 nitrogen and oxygen atoms in total. The lowest BCUT2D eigenvalue weighted by Gasteiger charge is -2.78. The van der Waals surface area contributed by atoms with E-state index in [-0.39, 0.29) is 40.2 Å². The Morgan fingerprint density at radius 2 is 2.10 bits per heavy atom. The quantitative estimate of drug-likeness (QED) is 0.570. The number of hydrogen-bond donors (Lipinski definition) is 1. The van der Waals surface area contributed by atoms with Gasteiger partial charge in [0.25, 0.3) is 0 Å². The van der Waals surface area contributed by atoms with Gasteiger partial charge in [-0.05, 0) is 68.8 Å². The second kappa shape index (κ2) is 5.36. The molecule has 4 heteroatoms. The van der Waals surface area contributed by atoms with Gasteiger partial charge in [-0.15, -0.1) is 0 Å². The van der Waals surface area contributed by atoms with Crippen LogP contribution in [0.2, 0.25) is 0 Å². The van der Waals surface area contributed by atoms with E-state index in [2.05, 4.69) is 13.5 Å². The molecular formula is C25H35NO3. The van der Waals surface area contributed by atoms with Crippen molar-refractivity contribution in [1.82, 2.24) is 0 Å². The van der Waals surface area contributed by atoms with E-state index in [1.165, 1.54) is 12.1 Å². The minimum Gasteiger partial charge on any atom is -0.457 e. The molecule has 158 valence electrons. The number of aliphatic hydroxyl groups is 1. The highest BCUT2D eigenvalue weighted by Crippen LogP contribution is 2.81. The van der Waals surface area contributed by atoms with Gasteiger partial charge in [-0.3, -0.25) is 9.79 Å². The second-order valence-corrected chi connectivity index (χ2v) is 11.5. The van der Waals surface area contributed by atoms with Crippen molar-refractivity contribution in [1.29, 1.82) is 0 Å². The number of ether oxygens (including phenoxy) is 1. The summed E-state index contributed by atoms with van der Waals surface area (Å²) in [5.74, 6) is 0.736. The summed E-state index contributed by atoms with van der Waals surface area (Å²) in [7, 11) is 0. The van der Waals surface area contributed by atoms with E-state index >= 15 is 0 Å². The molecule has 7 fully saturated rings. The maximum absolute atomic E-state index is 12.9. The van der Waals surface area contributed by atoms with Crippen molar-refractivity contribution in [3.8, 4) is 0 Å². The summed E-state index contributed by atoms with van der Waals surface area (Å²) in [6, 6.07) is 0. The van der Waals surface area contributed by atoms with Gasteiger partial charge in [-0.25, -0.2) is 0 Å². The molecule has 0 aromatic heterocycles. The lowest BCUT2D eigenvalue weighted by molar-refractivity contribution is -0.296. The Balaban J connectivity index is 1.51. The van der Waals surface area contributed by atoms with Crippen LogP contribution in [-0.2, 0) is 9.53 Å². The molecule has 0 amide bonds.